The van der Waals surface area contributed by atoms with Gasteiger partial charge in [-0.3, -0.25) is 10.1 Å². The molecule has 4 rings (SSSR count). The number of nitriles is 1. The van der Waals surface area contributed by atoms with Crippen LogP contribution in [0.4, 0.5) is 5.69 Å². The van der Waals surface area contributed by atoms with Gasteiger partial charge >= 0.3 is 0 Å². The van der Waals surface area contributed by atoms with Crippen molar-refractivity contribution in [2.75, 3.05) is 0 Å². The van der Waals surface area contributed by atoms with E-state index >= 15 is 0 Å². The molecule has 0 radical (unpaired) electrons. The third kappa shape index (κ3) is 2.89. The Labute approximate surface area is 154 Å². The Hall–Kier alpha value is -3.30. The van der Waals surface area contributed by atoms with Crippen molar-refractivity contribution in [3.63, 3.8) is 0 Å². The molecular formula is C20H13N3O2S. The van der Waals surface area contributed by atoms with Crippen LogP contribution in [0.3, 0.4) is 0 Å². The zero-order valence-corrected chi connectivity index (χ0v) is 14.5. The number of fused-ring (bicyclic) bond motifs is 3. The molecule has 0 saturated heterocycles. The Morgan fingerprint density at radius 1 is 1.23 bits per heavy atom. The number of hydrogen-bond donors (Lipinski definition) is 0. The molecule has 0 atom stereocenters. The molecule has 0 spiro atoms. The molecule has 1 aliphatic carbocycles. The summed E-state index contributed by atoms with van der Waals surface area (Å²) >= 11 is 1.53. The number of hydrogen-bond acceptors (Lipinski definition) is 5. The van der Waals surface area contributed by atoms with Crippen molar-refractivity contribution in [2.45, 2.75) is 12.8 Å². The lowest BCUT2D eigenvalue weighted by Gasteiger charge is -2.13. The predicted molar refractivity (Wildman–Crippen MR) is 102 cm³/mol. The van der Waals surface area contributed by atoms with Crippen LogP contribution in [0.5, 0.6) is 0 Å². The van der Waals surface area contributed by atoms with E-state index in [-0.39, 0.29) is 5.69 Å². The second-order valence-electron chi connectivity index (χ2n) is 5.97. The second kappa shape index (κ2) is 6.54. The standard InChI is InChI=1S/C20H13N3O2S/c21-12-15(10-13-4-3-6-16(11-13)23(24)25)20-22-19-17-7-2-1-5-14(17)8-9-18(19)26-20/h1-7,10-11H,8-9H2/b15-10-. The van der Waals surface area contributed by atoms with E-state index in [1.54, 1.807) is 18.2 Å². The molecule has 3 aromatic rings. The topological polar surface area (TPSA) is 79.8 Å². The van der Waals surface area contributed by atoms with Crippen LogP contribution in [0.2, 0.25) is 0 Å². The molecule has 1 heterocycles. The number of benzene rings is 2. The Kier molecular flexibility index (Phi) is 4.07. The number of allylic oxidation sites excluding steroid dienone is 1. The van der Waals surface area contributed by atoms with Crippen LogP contribution in [0, 0.1) is 21.4 Å². The highest BCUT2D eigenvalue weighted by atomic mass is 32.1. The van der Waals surface area contributed by atoms with E-state index in [0.29, 0.717) is 16.1 Å². The molecule has 1 aromatic heterocycles. The fourth-order valence-electron chi connectivity index (χ4n) is 3.10. The van der Waals surface area contributed by atoms with Crippen LogP contribution in [0.25, 0.3) is 22.9 Å². The molecule has 26 heavy (non-hydrogen) atoms. The summed E-state index contributed by atoms with van der Waals surface area (Å²) in [5.41, 5.74) is 4.39. The molecule has 0 bridgehead atoms. The highest BCUT2D eigenvalue weighted by Gasteiger charge is 2.21. The SMILES string of the molecule is N#C/C(=C/c1cccc([N+](=O)[O-])c1)c1nc2c(s1)CCc1ccccc1-2. The van der Waals surface area contributed by atoms with E-state index in [9.17, 15) is 15.4 Å². The number of non-ortho nitro benzene ring substituents is 1. The molecule has 126 valence electrons. The fourth-order valence-corrected chi connectivity index (χ4v) is 4.14. The highest BCUT2D eigenvalue weighted by molar-refractivity contribution is 7.13. The van der Waals surface area contributed by atoms with Gasteiger partial charge in [-0.25, -0.2) is 4.98 Å². The van der Waals surface area contributed by atoms with Crippen LogP contribution in [-0.4, -0.2) is 9.91 Å². The summed E-state index contributed by atoms with van der Waals surface area (Å²) in [5, 5.41) is 21.2. The van der Waals surface area contributed by atoms with Gasteiger partial charge in [-0.05, 0) is 30.0 Å². The lowest BCUT2D eigenvalue weighted by atomic mass is 9.94. The Morgan fingerprint density at radius 2 is 2.08 bits per heavy atom. The molecule has 2 aromatic carbocycles. The van der Waals surface area contributed by atoms with Crippen molar-refractivity contribution in [2.24, 2.45) is 0 Å². The van der Waals surface area contributed by atoms with E-state index in [1.165, 1.54) is 33.9 Å². The predicted octanol–water partition coefficient (Wildman–Crippen LogP) is 4.88. The Balaban J connectivity index is 1.76. The van der Waals surface area contributed by atoms with Gasteiger partial charge < -0.3 is 0 Å². The van der Waals surface area contributed by atoms with Crippen LogP contribution < -0.4 is 0 Å². The van der Waals surface area contributed by atoms with E-state index in [1.807, 2.05) is 12.1 Å². The first kappa shape index (κ1) is 16.2. The van der Waals surface area contributed by atoms with Gasteiger partial charge in [0.1, 0.15) is 11.1 Å². The lowest BCUT2D eigenvalue weighted by molar-refractivity contribution is -0.384. The maximum atomic E-state index is 10.9. The number of aryl methyl sites for hydroxylation is 2. The van der Waals surface area contributed by atoms with Crippen molar-refractivity contribution in [1.29, 1.82) is 5.26 Å². The van der Waals surface area contributed by atoms with E-state index in [2.05, 4.69) is 18.2 Å². The number of nitrogens with zero attached hydrogens (tertiary/aromatic N) is 3. The van der Waals surface area contributed by atoms with E-state index in [4.69, 9.17) is 4.98 Å². The van der Waals surface area contributed by atoms with Gasteiger partial charge in [0, 0.05) is 22.6 Å². The first-order chi connectivity index (χ1) is 12.7. The van der Waals surface area contributed by atoms with Gasteiger partial charge in [-0.1, -0.05) is 36.4 Å². The van der Waals surface area contributed by atoms with Gasteiger partial charge in [0.05, 0.1) is 16.2 Å². The summed E-state index contributed by atoms with van der Waals surface area (Å²) in [5.74, 6) is 0. The van der Waals surface area contributed by atoms with Gasteiger partial charge in [0.2, 0.25) is 0 Å². The monoisotopic (exact) mass is 359 g/mol. The molecule has 5 nitrogen and oxygen atoms in total. The average molecular weight is 359 g/mol. The maximum absolute atomic E-state index is 10.9. The molecule has 0 N–H and O–H groups in total. The van der Waals surface area contributed by atoms with Crippen LogP contribution in [-0.2, 0) is 12.8 Å². The smallest absolute Gasteiger partial charge is 0.258 e. The van der Waals surface area contributed by atoms with Crippen LogP contribution >= 0.6 is 11.3 Å². The number of aromatic nitrogens is 1. The number of nitro benzene ring substituents is 1. The minimum Gasteiger partial charge on any atom is -0.258 e. The molecule has 1 aliphatic rings. The quantitative estimate of drug-likeness (QED) is 0.379. The third-order valence-corrected chi connectivity index (χ3v) is 5.48. The molecule has 0 fully saturated rings. The molecular weight excluding hydrogens is 346 g/mol. The van der Waals surface area contributed by atoms with Crippen LogP contribution in [0.15, 0.2) is 48.5 Å². The highest BCUT2D eigenvalue weighted by Crippen LogP contribution is 2.38. The largest absolute Gasteiger partial charge is 0.270 e. The minimum absolute atomic E-state index is 0.00315. The zero-order valence-electron chi connectivity index (χ0n) is 13.7. The summed E-state index contributed by atoms with van der Waals surface area (Å²) in [6, 6.07) is 16.6. The molecule has 0 aliphatic heterocycles. The summed E-state index contributed by atoms with van der Waals surface area (Å²) in [6.45, 7) is 0. The average Bonchev–Trinajstić information content (AvgIpc) is 3.11. The molecule has 0 amide bonds. The number of nitro groups is 1. The molecule has 0 saturated carbocycles. The van der Waals surface area contributed by atoms with Gasteiger partial charge in [-0.2, -0.15) is 5.26 Å². The maximum Gasteiger partial charge on any atom is 0.270 e. The zero-order chi connectivity index (χ0) is 18.1. The fraction of sp³-hybridized carbons (Fsp3) is 0.100. The minimum atomic E-state index is -0.442. The normalized spacial score (nSPS) is 12.8. The number of thiazole rings is 1. The summed E-state index contributed by atoms with van der Waals surface area (Å²) in [7, 11) is 0. The van der Waals surface area contributed by atoms with Crippen molar-refractivity contribution in [1.82, 2.24) is 4.98 Å². The Morgan fingerprint density at radius 3 is 2.88 bits per heavy atom. The van der Waals surface area contributed by atoms with Crippen molar-refractivity contribution < 1.29 is 4.92 Å². The Bertz CT molecular complexity index is 1090. The van der Waals surface area contributed by atoms with E-state index < -0.39 is 4.92 Å². The molecule has 0 unspecified atom stereocenters. The van der Waals surface area contributed by atoms with Gasteiger partial charge in [-0.15, -0.1) is 11.3 Å². The van der Waals surface area contributed by atoms with E-state index in [0.717, 1.165) is 24.1 Å². The summed E-state index contributed by atoms with van der Waals surface area (Å²) in [6.07, 6.45) is 3.55. The van der Waals surface area contributed by atoms with Crippen molar-refractivity contribution >= 4 is 28.7 Å². The summed E-state index contributed by atoms with van der Waals surface area (Å²) in [4.78, 5) is 16.4. The second-order valence-corrected chi connectivity index (χ2v) is 7.05. The van der Waals surface area contributed by atoms with Gasteiger partial charge in [0.15, 0.2) is 0 Å². The third-order valence-electron chi connectivity index (χ3n) is 4.33. The van der Waals surface area contributed by atoms with Gasteiger partial charge in [0.25, 0.3) is 5.69 Å². The lowest BCUT2D eigenvalue weighted by Crippen LogP contribution is -2.01. The first-order valence-corrected chi connectivity index (χ1v) is 8.92. The number of rotatable bonds is 3. The van der Waals surface area contributed by atoms with Crippen LogP contribution in [0.1, 0.15) is 21.0 Å². The van der Waals surface area contributed by atoms with Crippen molar-refractivity contribution in [3.05, 3.63) is 79.7 Å². The van der Waals surface area contributed by atoms with Crippen molar-refractivity contribution in [3.8, 4) is 17.3 Å². The molecule has 6 heteroatoms. The summed E-state index contributed by atoms with van der Waals surface area (Å²) < 4.78 is 0. The first-order valence-electron chi connectivity index (χ1n) is 8.10.